The lowest BCUT2D eigenvalue weighted by atomic mass is 10.1. The quantitative estimate of drug-likeness (QED) is 0.882. The van der Waals surface area contributed by atoms with Crippen molar-refractivity contribution >= 4 is 0 Å². The van der Waals surface area contributed by atoms with Gasteiger partial charge in [-0.2, -0.15) is 0 Å². The van der Waals surface area contributed by atoms with E-state index in [0.29, 0.717) is 6.04 Å². The van der Waals surface area contributed by atoms with E-state index in [1.54, 1.807) is 0 Å². The number of ether oxygens (including phenoxy) is 1. The van der Waals surface area contributed by atoms with E-state index in [1.165, 1.54) is 24.0 Å². The van der Waals surface area contributed by atoms with Crippen LogP contribution in [-0.4, -0.2) is 6.54 Å². The Morgan fingerprint density at radius 1 is 1.10 bits per heavy atom. The van der Waals surface area contributed by atoms with E-state index >= 15 is 0 Å². The fraction of sp³-hybridized carbons (Fsp3) is 0.333. The molecule has 1 heterocycles. The largest absolute Gasteiger partial charge is 0.457 e. The van der Waals surface area contributed by atoms with E-state index in [-0.39, 0.29) is 0 Å². The summed E-state index contributed by atoms with van der Waals surface area (Å²) < 4.78 is 5.99. The maximum Gasteiger partial charge on any atom is 0.127 e. The summed E-state index contributed by atoms with van der Waals surface area (Å²) in [5, 5.41) is 3.53. The minimum atomic E-state index is 0.487. The highest BCUT2D eigenvalue weighted by Gasteiger charge is 2.16. The number of aryl methyl sites for hydroxylation is 1. The van der Waals surface area contributed by atoms with Crippen LogP contribution in [0, 0.1) is 0 Å². The fourth-order valence-corrected chi connectivity index (χ4v) is 2.73. The first kappa shape index (κ1) is 13.2. The molecule has 1 aliphatic rings. The molecule has 2 aromatic rings. The molecule has 1 aliphatic heterocycles. The zero-order valence-corrected chi connectivity index (χ0v) is 11.9. The van der Waals surface area contributed by atoms with Gasteiger partial charge in [0.1, 0.15) is 11.5 Å². The molecule has 104 valence electrons. The first-order chi connectivity index (χ1) is 9.85. The molecule has 1 unspecified atom stereocenters. The lowest BCUT2D eigenvalue weighted by Gasteiger charge is -2.13. The van der Waals surface area contributed by atoms with E-state index in [4.69, 9.17) is 4.74 Å². The lowest BCUT2D eigenvalue weighted by molar-refractivity contribution is 0.480. The van der Waals surface area contributed by atoms with Crippen LogP contribution in [0.15, 0.2) is 48.5 Å². The molecule has 1 fully saturated rings. The summed E-state index contributed by atoms with van der Waals surface area (Å²) in [6.07, 6.45) is 3.51. The van der Waals surface area contributed by atoms with Crippen molar-refractivity contribution in [3.05, 3.63) is 59.7 Å². The summed E-state index contributed by atoms with van der Waals surface area (Å²) in [6.45, 7) is 3.28. The normalized spacial score (nSPS) is 18.1. The maximum atomic E-state index is 5.99. The molecule has 0 saturated carbocycles. The maximum absolute atomic E-state index is 5.99. The van der Waals surface area contributed by atoms with E-state index < -0.39 is 0 Å². The second-order valence-corrected chi connectivity index (χ2v) is 5.32. The van der Waals surface area contributed by atoms with Crippen LogP contribution in [0.4, 0.5) is 0 Å². The second-order valence-electron chi connectivity index (χ2n) is 5.32. The molecular weight excluding hydrogens is 246 g/mol. The predicted octanol–water partition coefficient (Wildman–Crippen LogP) is 4.47. The first-order valence-electron chi connectivity index (χ1n) is 7.45. The highest BCUT2D eigenvalue weighted by molar-refractivity contribution is 5.37. The third-order valence-corrected chi connectivity index (χ3v) is 3.86. The average Bonchev–Trinajstić information content (AvgIpc) is 3.02. The van der Waals surface area contributed by atoms with Crippen molar-refractivity contribution in [3.63, 3.8) is 0 Å². The molecule has 0 aromatic heterocycles. The Morgan fingerprint density at radius 2 is 1.90 bits per heavy atom. The molecular formula is C18H21NO. The lowest BCUT2D eigenvalue weighted by Crippen LogP contribution is -2.12. The molecule has 20 heavy (non-hydrogen) atoms. The molecule has 3 rings (SSSR count). The molecule has 1 atom stereocenters. The molecule has 2 heteroatoms. The van der Waals surface area contributed by atoms with Crippen LogP contribution in [0.25, 0.3) is 0 Å². The van der Waals surface area contributed by atoms with Crippen molar-refractivity contribution in [2.45, 2.75) is 32.2 Å². The average molecular weight is 267 g/mol. The predicted molar refractivity (Wildman–Crippen MR) is 82.3 cm³/mol. The van der Waals surface area contributed by atoms with Gasteiger partial charge in [-0.25, -0.2) is 0 Å². The zero-order chi connectivity index (χ0) is 13.8. The van der Waals surface area contributed by atoms with Gasteiger partial charge in [0.05, 0.1) is 0 Å². The third-order valence-electron chi connectivity index (χ3n) is 3.86. The fourth-order valence-electron chi connectivity index (χ4n) is 2.73. The van der Waals surface area contributed by atoms with Crippen molar-refractivity contribution in [1.82, 2.24) is 5.32 Å². The van der Waals surface area contributed by atoms with Gasteiger partial charge in [-0.1, -0.05) is 31.2 Å². The van der Waals surface area contributed by atoms with Crippen LogP contribution in [0.5, 0.6) is 11.5 Å². The van der Waals surface area contributed by atoms with E-state index in [0.717, 1.165) is 24.5 Å². The first-order valence-corrected chi connectivity index (χ1v) is 7.45. The molecule has 0 radical (unpaired) electrons. The number of nitrogens with one attached hydrogen (secondary N) is 1. The third kappa shape index (κ3) is 3.02. The molecule has 0 amide bonds. The molecule has 0 bridgehead atoms. The number of hydrogen-bond donors (Lipinski definition) is 1. The van der Waals surface area contributed by atoms with Crippen LogP contribution < -0.4 is 10.1 Å². The Balaban J connectivity index is 1.78. The molecule has 2 nitrogen and oxygen atoms in total. The summed E-state index contributed by atoms with van der Waals surface area (Å²) >= 11 is 0. The standard InChI is InChI=1S/C18H21NO/c1-2-14-6-3-8-16(12-14)20-17-9-4-7-15(13-17)18-10-5-11-19-18/h3-4,6-9,12-13,18-19H,2,5,10-11H2,1H3. The van der Waals surface area contributed by atoms with Gasteiger partial charge in [-0.15, -0.1) is 0 Å². The van der Waals surface area contributed by atoms with Gasteiger partial charge in [0, 0.05) is 6.04 Å². The van der Waals surface area contributed by atoms with Crippen LogP contribution >= 0.6 is 0 Å². The van der Waals surface area contributed by atoms with Crippen LogP contribution in [0.3, 0.4) is 0 Å². The van der Waals surface area contributed by atoms with Crippen molar-refractivity contribution in [2.75, 3.05) is 6.54 Å². The highest BCUT2D eigenvalue weighted by atomic mass is 16.5. The molecule has 1 saturated heterocycles. The Morgan fingerprint density at radius 3 is 2.65 bits per heavy atom. The molecule has 1 N–H and O–H groups in total. The van der Waals surface area contributed by atoms with Crippen LogP contribution in [-0.2, 0) is 6.42 Å². The highest BCUT2D eigenvalue weighted by Crippen LogP contribution is 2.28. The summed E-state index contributed by atoms with van der Waals surface area (Å²) in [4.78, 5) is 0. The van der Waals surface area contributed by atoms with Gasteiger partial charge in [-0.05, 0) is 61.2 Å². The second kappa shape index (κ2) is 6.10. The van der Waals surface area contributed by atoms with Gasteiger partial charge in [0.2, 0.25) is 0 Å². The summed E-state index contributed by atoms with van der Waals surface area (Å²) in [7, 11) is 0. The minimum absolute atomic E-state index is 0.487. The van der Waals surface area contributed by atoms with Gasteiger partial charge in [0.25, 0.3) is 0 Å². The summed E-state index contributed by atoms with van der Waals surface area (Å²) in [5.41, 5.74) is 2.63. The number of rotatable bonds is 4. The van der Waals surface area contributed by atoms with Crippen LogP contribution in [0.1, 0.15) is 36.9 Å². The van der Waals surface area contributed by atoms with Crippen LogP contribution in [0.2, 0.25) is 0 Å². The van der Waals surface area contributed by atoms with E-state index in [2.05, 4.69) is 48.6 Å². The Kier molecular flexibility index (Phi) is 4.03. The smallest absolute Gasteiger partial charge is 0.127 e. The monoisotopic (exact) mass is 267 g/mol. The van der Waals surface area contributed by atoms with Gasteiger partial charge in [-0.3, -0.25) is 0 Å². The zero-order valence-electron chi connectivity index (χ0n) is 11.9. The summed E-state index contributed by atoms with van der Waals surface area (Å²) in [6, 6.07) is 17.2. The van der Waals surface area contributed by atoms with Crippen molar-refractivity contribution in [2.24, 2.45) is 0 Å². The van der Waals surface area contributed by atoms with E-state index in [9.17, 15) is 0 Å². The Bertz CT molecular complexity index is 573. The molecule has 0 spiro atoms. The minimum Gasteiger partial charge on any atom is -0.457 e. The van der Waals surface area contributed by atoms with Crippen molar-refractivity contribution in [3.8, 4) is 11.5 Å². The Labute approximate surface area is 120 Å². The van der Waals surface area contributed by atoms with Gasteiger partial charge in [0.15, 0.2) is 0 Å². The van der Waals surface area contributed by atoms with Crippen molar-refractivity contribution < 1.29 is 4.74 Å². The number of benzene rings is 2. The topological polar surface area (TPSA) is 21.3 Å². The molecule has 2 aromatic carbocycles. The SMILES string of the molecule is CCc1cccc(Oc2cccc(C3CCCN3)c2)c1. The van der Waals surface area contributed by atoms with Crippen molar-refractivity contribution in [1.29, 1.82) is 0 Å². The van der Waals surface area contributed by atoms with E-state index in [1.807, 2.05) is 12.1 Å². The van der Waals surface area contributed by atoms with Gasteiger partial charge < -0.3 is 10.1 Å². The Hall–Kier alpha value is -1.80. The van der Waals surface area contributed by atoms with Gasteiger partial charge >= 0.3 is 0 Å². The molecule has 0 aliphatic carbocycles. The number of hydrogen-bond acceptors (Lipinski definition) is 2. The summed E-state index contributed by atoms with van der Waals surface area (Å²) in [5.74, 6) is 1.84.